The Morgan fingerprint density at radius 2 is 2.36 bits per heavy atom. The van der Waals surface area contributed by atoms with E-state index in [0.717, 1.165) is 0 Å². The van der Waals surface area contributed by atoms with Crippen LogP contribution in [-0.2, 0) is 23.0 Å². The van der Waals surface area contributed by atoms with Crippen LogP contribution in [0.5, 0.6) is 0 Å². The molecule has 6 heteroatoms. The molecule has 1 aromatic rings. The zero-order chi connectivity index (χ0) is 8.48. The number of rotatable bonds is 2. The summed E-state index contributed by atoms with van der Waals surface area (Å²) in [5.41, 5.74) is 0.218. The van der Waals surface area contributed by atoms with Crippen molar-refractivity contribution in [3.8, 4) is 0 Å². The van der Waals surface area contributed by atoms with E-state index in [1.807, 2.05) is 0 Å². The number of halogens is 1. The molecule has 1 rings (SSSR count). The minimum atomic E-state index is -4.44. The van der Waals surface area contributed by atoms with Crippen LogP contribution < -0.4 is 0 Å². The molecule has 0 atom stereocenters. The van der Waals surface area contributed by atoms with Crippen LogP contribution in [0.25, 0.3) is 0 Å². The van der Waals surface area contributed by atoms with Gasteiger partial charge in [-0.1, -0.05) is 0 Å². The van der Waals surface area contributed by atoms with Gasteiger partial charge in [-0.15, -0.1) is 3.89 Å². The molecule has 4 nitrogen and oxygen atoms in total. The molecular formula is C5H7FN2O2S. The monoisotopic (exact) mass is 178 g/mol. The summed E-state index contributed by atoms with van der Waals surface area (Å²) in [4.78, 5) is 0. The molecular weight excluding hydrogens is 171 g/mol. The maximum Gasteiger partial charge on any atom is 0.308 e. The molecule has 1 heterocycles. The van der Waals surface area contributed by atoms with E-state index in [9.17, 15) is 12.3 Å². The Kier molecular flexibility index (Phi) is 1.95. The van der Waals surface area contributed by atoms with Gasteiger partial charge in [-0.25, -0.2) is 0 Å². The molecule has 0 N–H and O–H groups in total. The highest BCUT2D eigenvalue weighted by atomic mass is 32.3. The molecule has 0 saturated heterocycles. The van der Waals surface area contributed by atoms with Crippen molar-refractivity contribution in [3.05, 3.63) is 18.0 Å². The van der Waals surface area contributed by atoms with Gasteiger partial charge < -0.3 is 0 Å². The van der Waals surface area contributed by atoms with Crippen molar-refractivity contribution in [2.45, 2.75) is 5.75 Å². The standard InChI is InChI=1S/C5H7FN2O2S/c1-8-3-2-5(7-8)4-11(6,9)10/h2-3H,4H2,1H3. The van der Waals surface area contributed by atoms with Crippen LogP contribution in [0.4, 0.5) is 3.89 Å². The van der Waals surface area contributed by atoms with Crippen molar-refractivity contribution in [2.75, 3.05) is 0 Å². The molecule has 0 aliphatic rings. The molecule has 0 spiro atoms. The maximum atomic E-state index is 12.0. The summed E-state index contributed by atoms with van der Waals surface area (Å²) in [6, 6.07) is 1.46. The largest absolute Gasteiger partial charge is 0.308 e. The number of aromatic nitrogens is 2. The highest BCUT2D eigenvalue weighted by Crippen LogP contribution is 2.03. The Labute approximate surface area is 63.9 Å². The van der Waals surface area contributed by atoms with Crippen LogP contribution in [0, 0.1) is 0 Å². The third-order valence-electron chi connectivity index (χ3n) is 1.09. The second kappa shape index (κ2) is 2.61. The van der Waals surface area contributed by atoms with E-state index in [-0.39, 0.29) is 5.69 Å². The first-order chi connectivity index (χ1) is 4.97. The number of aryl methyl sites for hydroxylation is 1. The fraction of sp³-hybridized carbons (Fsp3) is 0.400. The molecule has 0 amide bonds. The van der Waals surface area contributed by atoms with Gasteiger partial charge in [0.2, 0.25) is 0 Å². The van der Waals surface area contributed by atoms with Gasteiger partial charge in [-0.05, 0) is 6.07 Å². The van der Waals surface area contributed by atoms with E-state index in [0.29, 0.717) is 0 Å². The minimum Gasteiger partial charge on any atom is -0.276 e. The van der Waals surface area contributed by atoms with Gasteiger partial charge in [-0.2, -0.15) is 13.5 Å². The minimum absolute atomic E-state index is 0.218. The van der Waals surface area contributed by atoms with Crippen LogP contribution >= 0.6 is 0 Å². The van der Waals surface area contributed by atoms with Crippen molar-refractivity contribution >= 4 is 10.2 Å². The topological polar surface area (TPSA) is 52.0 Å². The van der Waals surface area contributed by atoms with E-state index in [2.05, 4.69) is 5.10 Å². The molecule has 1 aromatic heterocycles. The summed E-state index contributed by atoms with van der Waals surface area (Å²) in [7, 11) is -2.81. The zero-order valence-electron chi connectivity index (χ0n) is 5.86. The summed E-state index contributed by atoms with van der Waals surface area (Å²) in [6.07, 6.45) is 1.56. The average Bonchev–Trinajstić information content (AvgIpc) is 2.10. The lowest BCUT2D eigenvalue weighted by molar-refractivity contribution is 0.550. The number of hydrogen-bond acceptors (Lipinski definition) is 3. The molecule has 11 heavy (non-hydrogen) atoms. The molecule has 0 radical (unpaired) electrons. The molecule has 0 saturated carbocycles. The lowest BCUT2D eigenvalue weighted by Crippen LogP contribution is -1.98. The molecule has 0 aliphatic carbocycles. The lowest BCUT2D eigenvalue weighted by atomic mass is 10.5. The fourth-order valence-corrected chi connectivity index (χ4v) is 1.22. The predicted octanol–water partition coefficient (Wildman–Crippen LogP) is 0.219. The van der Waals surface area contributed by atoms with Gasteiger partial charge in [0.15, 0.2) is 0 Å². The van der Waals surface area contributed by atoms with Gasteiger partial charge in [-0.3, -0.25) is 4.68 Å². The van der Waals surface area contributed by atoms with Gasteiger partial charge in [0.1, 0.15) is 5.75 Å². The van der Waals surface area contributed by atoms with E-state index in [4.69, 9.17) is 0 Å². The first kappa shape index (κ1) is 8.19. The summed E-state index contributed by atoms with van der Waals surface area (Å²) in [6.45, 7) is 0. The average molecular weight is 178 g/mol. The second-order valence-corrected chi connectivity index (χ2v) is 3.53. The van der Waals surface area contributed by atoms with Crippen molar-refractivity contribution in [1.29, 1.82) is 0 Å². The number of nitrogens with zero attached hydrogens (tertiary/aromatic N) is 2. The summed E-state index contributed by atoms with van der Waals surface area (Å²) in [5, 5.41) is 3.69. The molecule has 0 aliphatic heterocycles. The third-order valence-corrected chi connectivity index (χ3v) is 1.73. The highest BCUT2D eigenvalue weighted by Gasteiger charge is 2.10. The molecule has 0 bridgehead atoms. The molecule has 0 fully saturated rings. The Morgan fingerprint density at radius 3 is 2.73 bits per heavy atom. The van der Waals surface area contributed by atoms with Crippen LogP contribution in [0.3, 0.4) is 0 Å². The molecule has 62 valence electrons. The molecule has 0 aromatic carbocycles. The van der Waals surface area contributed by atoms with E-state index >= 15 is 0 Å². The van der Waals surface area contributed by atoms with E-state index in [1.165, 1.54) is 10.7 Å². The SMILES string of the molecule is Cn1ccc(CS(=O)(=O)F)n1. The first-order valence-corrected chi connectivity index (χ1v) is 4.43. The van der Waals surface area contributed by atoms with Gasteiger partial charge >= 0.3 is 10.2 Å². The van der Waals surface area contributed by atoms with Gasteiger partial charge in [0, 0.05) is 13.2 Å². The van der Waals surface area contributed by atoms with Crippen LogP contribution in [0.2, 0.25) is 0 Å². The maximum absolute atomic E-state index is 12.0. The van der Waals surface area contributed by atoms with E-state index < -0.39 is 16.0 Å². The third kappa shape index (κ3) is 2.67. The van der Waals surface area contributed by atoms with Crippen LogP contribution in [0.15, 0.2) is 12.3 Å². The summed E-state index contributed by atoms with van der Waals surface area (Å²) < 4.78 is 33.6. The number of hydrogen-bond donors (Lipinski definition) is 0. The quantitative estimate of drug-likeness (QED) is 0.609. The Morgan fingerprint density at radius 1 is 1.73 bits per heavy atom. The Balaban J connectivity index is 2.81. The van der Waals surface area contributed by atoms with Crippen molar-refractivity contribution in [1.82, 2.24) is 9.78 Å². The second-order valence-electron chi connectivity index (χ2n) is 2.16. The van der Waals surface area contributed by atoms with Crippen LogP contribution in [-0.4, -0.2) is 18.2 Å². The zero-order valence-corrected chi connectivity index (χ0v) is 6.68. The lowest BCUT2D eigenvalue weighted by Gasteiger charge is -1.88. The summed E-state index contributed by atoms with van der Waals surface area (Å²) in [5.74, 6) is -0.645. The first-order valence-electron chi connectivity index (χ1n) is 2.88. The Bertz CT molecular complexity index is 343. The van der Waals surface area contributed by atoms with Gasteiger partial charge in [0.25, 0.3) is 0 Å². The van der Waals surface area contributed by atoms with Crippen molar-refractivity contribution in [2.24, 2.45) is 7.05 Å². The predicted molar refractivity (Wildman–Crippen MR) is 36.9 cm³/mol. The van der Waals surface area contributed by atoms with Gasteiger partial charge in [0.05, 0.1) is 5.69 Å². The van der Waals surface area contributed by atoms with Crippen molar-refractivity contribution < 1.29 is 12.3 Å². The summed E-state index contributed by atoms with van der Waals surface area (Å²) >= 11 is 0. The highest BCUT2D eigenvalue weighted by molar-refractivity contribution is 7.85. The van der Waals surface area contributed by atoms with Crippen molar-refractivity contribution in [3.63, 3.8) is 0 Å². The Hall–Kier alpha value is -0.910. The molecule has 0 unspecified atom stereocenters. The van der Waals surface area contributed by atoms with Crippen LogP contribution in [0.1, 0.15) is 5.69 Å². The normalized spacial score (nSPS) is 11.8. The fourth-order valence-electron chi connectivity index (χ4n) is 0.717. The smallest absolute Gasteiger partial charge is 0.276 e. The van der Waals surface area contributed by atoms with E-state index in [1.54, 1.807) is 13.2 Å².